The van der Waals surface area contributed by atoms with E-state index in [2.05, 4.69) is 13.8 Å². The highest BCUT2D eigenvalue weighted by Crippen LogP contribution is 2.60. The average Bonchev–Trinajstić information content (AvgIpc) is 2.69. The quantitative estimate of drug-likeness (QED) is 0.697. The summed E-state index contributed by atoms with van der Waals surface area (Å²) in [5.41, 5.74) is -0.470. The second-order valence-electron chi connectivity index (χ2n) is 7.51. The van der Waals surface area contributed by atoms with Gasteiger partial charge < -0.3 is 14.2 Å². The lowest BCUT2D eigenvalue weighted by Crippen LogP contribution is -2.70. The molecule has 1 spiro atoms. The zero-order valence-electron chi connectivity index (χ0n) is 13.3. The van der Waals surface area contributed by atoms with Crippen LogP contribution in [-0.2, 0) is 24.0 Å². The van der Waals surface area contributed by atoms with Crippen molar-refractivity contribution in [2.24, 2.45) is 23.7 Å². The van der Waals surface area contributed by atoms with Crippen molar-refractivity contribution in [3.63, 3.8) is 0 Å². The molecule has 5 fully saturated rings. The number of ether oxygens (including phenoxy) is 3. The van der Waals surface area contributed by atoms with E-state index >= 15 is 0 Å². The smallest absolute Gasteiger partial charge is 0.201 e. The molecule has 4 heterocycles. The summed E-state index contributed by atoms with van der Waals surface area (Å²) in [5.74, 6) is 0.953. The maximum absolute atomic E-state index is 6.21. The van der Waals surface area contributed by atoms with E-state index in [1.54, 1.807) is 7.11 Å². The molecule has 1 saturated carbocycles. The van der Waals surface area contributed by atoms with Gasteiger partial charge in [0.2, 0.25) is 5.79 Å². The number of hydrogen-bond acceptors (Lipinski definition) is 5. The van der Waals surface area contributed by atoms with Gasteiger partial charge in [-0.05, 0) is 38.0 Å². The molecule has 5 nitrogen and oxygen atoms in total. The first kappa shape index (κ1) is 14.4. The molecule has 0 aromatic rings. The highest BCUT2D eigenvalue weighted by Gasteiger charge is 2.69. The molecule has 8 atom stereocenters. The van der Waals surface area contributed by atoms with Gasteiger partial charge in [0, 0.05) is 25.4 Å². The Morgan fingerprint density at radius 2 is 1.86 bits per heavy atom. The molecule has 4 unspecified atom stereocenters. The molecule has 2 bridgehead atoms. The number of methoxy groups -OCH3 is 1. The lowest BCUT2D eigenvalue weighted by molar-refractivity contribution is -0.577. The number of hydrogen-bond donors (Lipinski definition) is 0. The van der Waals surface area contributed by atoms with Gasteiger partial charge in [-0.1, -0.05) is 13.8 Å². The van der Waals surface area contributed by atoms with Crippen molar-refractivity contribution in [1.29, 1.82) is 0 Å². The van der Waals surface area contributed by atoms with E-state index in [0.717, 1.165) is 19.3 Å². The number of fused-ring (bicyclic) bond motifs is 2. The summed E-state index contributed by atoms with van der Waals surface area (Å²) >= 11 is 0. The van der Waals surface area contributed by atoms with Crippen molar-refractivity contribution in [3.8, 4) is 0 Å². The van der Waals surface area contributed by atoms with Crippen molar-refractivity contribution in [1.82, 2.24) is 0 Å². The average molecular weight is 298 g/mol. The summed E-state index contributed by atoms with van der Waals surface area (Å²) in [6.45, 7) is 6.46. The van der Waals surface area contributed by atoms with Crippen LogP contribution in [-0.4, -0.2) is 31.1 Å². The predicted molar refractivity (Wildman–Crippen MR) is 73.8 cm³/mol. The van der Waals surface area contributed by atoms with Gasteiger partial charge in [-0.3, -0.25) is 0 Å². The van der Waals surface area contributed by atoms with Gasteiger partial charge in [0.1, 0.15) is 0 Å². The van der Waals surface area contributed by atoms with Crippen molar-refractivity contribution in [2.45, 2.75) is 70.4 Å². The lowest BCUT2D eigenvalue weighted by Gasteiger charge is -2.60. The second kappa shape index (κ2) is 4.65. The van der Waals surface area contributed by atoms with Gasteiger partial charge in [-0.15, -0.1) is 0 Å². The number of rotatable bonds is 1. The molecular weight excluding hydrogens is 272 g/mol. The van der Waals surface area contributed by atoms with Gasteiger partial charge in [0.05, 0.1) is 0 Å². The molecule has 4 aliphatic heterocycles. The van der Waals surface area contributed by atoms with Crippen LogP contribution in [0.4, 0.5) is 0 Å². The van der Waals surface area contributed by atoms with Gasteiger partial charge in [-0.2, -0.15) is 0 Å². The van der Waals surface area contributed by atoms with Crippen molar-refractivity contribution in [2.75, 3.05) is 7.11 Å². The van der Waals surface area contributed by atoms with E-state index in [4.69, 9.17) is 24.0 Å². The van der Waals surface area contributed by atoms with Crippen LogP contribution in [0.15, 0.2) is 0 Å². The fourth-order valence-corrected chi connectivity index (χ4v) is 5.14. The first-order valence-electron chi connectivity index (χ1n) is 8.23. The highest BCUT2D eigenvalue weighted by atomic mass is 17.3. The van der Waals surface area contributed by atoms with Crippen molar-refractivity contribution < 1.29 is 24.0 Å². The van der Waals surface area contributed by atoms with E-state index in [1.807, 2.05) is 6.92 Å². The zero-order valence-corrected chi connectivity index (χ0v) is 13.3. The summed E-state index contributed by atoms with van der Waals surface area (Å²) in [6.07, 6.45) is 3.64. The van der Waals surface area contributed by atoms with Crippen LogP contribution in [0.25, 0.3) is 0 Å². The van der Waals surface area contributed by atoms with Crippen molar-refractivity contribution >= 4 is 0 Å². The summed E-state index contributed by atoms with van der Waals surface area (Å²) < 4.78 is 17.9. The van der Waals surface area contributed by atoms with Crippen molar-refractivity contribution in [3.05, 3.63) is 0 Å². The van der Waals surface area contributed by atoms with E-state index in [9.17, 15) is 0 Å². The molecule has 4 saturated heterocycles. The minimum absolute atomic E-state index is 0.230. The molecule has 1 aliphatic carbocycles. The van der Waals surface area contributed by atoms with Crippen LogP contribution < -0.4 is 0 Å². The first-order chi connectivity index (χ1) is 10.00. The molecule has 0 aromatic heterocycles. The van der Waals surface area contributed by atoms with Crippen LogP contribution in [0.2, 0.25) is 0 Å². The normalized spacial score (nSPS) is 59.4. The Morgan fingerprint density at radius 1 is 1.05 bits per heavy atom. The molecule has 21 heavy (non-hydrogen) atoms. The Kier molecular flexibility index (Phi) is 3.19. The Hall–Kier alpha value is -0.200. The zero-order chi connectivity index (χ0) is 14.8. The molecular formula is C16H26O5. The van der Waals surface area contributed by atoms with Crippen LogP contribution in [0.5, 0.6) is 0 Å². The third-order valence-corrected chi connectivity index (χ3v) is 6.33. The molecule has 5 aliphatic rings. The third-order valence-electron chi connectivity index (χ3n) is 6.33. The maximum atomic E-state index is 6.21. The summed E-state index contributed by atoms with van der Waals surface area (Å²) in [4.78, 5) is 11.8. The van der Waals surface area contributed by atoms with Gasteiger partial charge in [0.15, 0.2) is 18.2 Å². The van der Waals surface area contributed by atoms with E-state index < -0.39 is 17.7 Å². The van der Waals surface area contributed by atoms with Gasteiger partial charge >= 0.3 is 0 Å². The predicted octanol–water partition coefficient (Wildman–Crippen LogP) is 2.84. The molecule has 5 heteroatoms. The fraction of sp³-hybridized carbons (Fsp3) is 1.00. The SMILES string of the molecule is CO[C@H]1OC2O[C@@]3(C)CCC4C(C)CCC([C@H]1C)[C@@]24OO3. The standard InChI is InChI=1S/C16H26O5/c1-9-5-6-12-10(2)13(17-4)18-14-16(12)11(9)7-8-15(3,19-14)20-21-16/h9-14H,5-8H2,1-4H3/t9?,10-,11?,12?,13+,14?,15-,16-/m1/s1. The molecule has 0 aromatic carbocycles. The highest BCUT2D eigenvalue weighted by molar-refractivity contribution is 5.08. The minimum atomic E-state index is -0.698. The van der Waals surface area contributed by atoms with E-state index in [0.29, 0.717) is 17.8 Å². The Morgan fingerprint density at radius 3 is 2.62 bits per heavy atom. The molecule has 0 radical (unpaired) electrons. The Balaban J connectivity index is 1.79. The summed E-state index contributed by atoms with van der Waals surface area (Å²) in [5, 5.41) is 0. The van der Waals surface area contributed by atoms with E-state index in [1.165, 1.54) is 6.42 Å². The monoisotopic (exact) mass is 298 g/mol. The Bertz CT molecular complexity index is 429. The molecule has 5 rings (SSSR count). The Labute approximate surface area is 126 Å². The minimum Gasteiger partial charge on any atom is -0.355 e. The third kappa shape index (κ3) is 1.81. The fourth-order valence-electron chi connectivity index (χ4n) is 5.14. The van der Waals surface area contributed by atoms with Crippen LogP contribution in [0, 0.1) is 23.7 Å². The summed E-state index contributed by atoms with van der Waals surface area (Å²) in [6, 6.07) is 0. The lowest BCUT2D eigenvalue weighted by atomic mass is 9.58. The van der Waals surface area contributed by atoms with Crippen LogP contribution in [0.1, 0.15) is 46.5 Å². The topological polar surface area (TPSA) is 46.2 Å². The summed E-state index contributed by atoms with van der Waals surface area (Å²) in [7, 11) is 1.70. The molecule has 0 amide bonds. The first-order valence-corrected chi connectivity index (χ1v) is 8.23. The van der Waals surface area contributed by atoms with Gasteiger partial charge in [0.25, 0.3) is 0 Å². The van der Waals surface area contributed by atoms with E-state index in [-0.39, 0.29) is 12.2 Å². The maximum Gasteiger partial charge on any atom is 0.201 e. The van der Waals surface area contributed by atoms with Gasteiger partial charge in [-0.25, -0.2) is 9.78 Å². The largest absolute Gasteiger partial charge is 0.355 e. The molecule has 120 valence electrons. The van der Waals surface area contributed by atoms with Crippen LogP contribution >= 0.6 is 0 Å². The second-order valence-corrected chi connectivity index (χ2v) is 7.51. The van der Waals surface area contributed by atoms with Crippen LogP contribution in [0.3, 0.4) is 0 Å². The molecule has 0 N–H and O–H groups in total.